The van der Waals surface area contributed by atoms with Crippen molar-refractivity contribution in [1.82, 2.24) is 10.2 Å². The number of likely N-dealkylation sites (N-methyl/N-ethyl adjacent to an activating group) is 1. The summed E-state index contributed by atoms with van der Waals surface area (Å²) in [4.78, 5) is 26.9. The van der Waals surface area contributed by atoms with Crippen LogP contribution in [0.15, 0.2) is 42.5 Å². The summed E-state index contributed by atoms with van der Waals surface area (Å²) >= 11 is 12.3. The number of carbonyl (C=O) groups excluding carboxylic acids is 2. The van der Waals surface area contributed by atoms with E-state index in [2.05, 4.69) is 5.32 Å². The third-order valence-electron chi connectivity index (χ3n) is 4.73. The monoisotopic (exact) mass is 485 g/mol. The lowest BCUT2D eigenvalue weighted by atomic mass is 10.1. The Hall–Kier alpha value is -2.29. The van der Waals surface area contributed by atoms with Crippen LogP contribution in [0.2, 0.25) is 10.0 Å². The van der Waals surface area contributed by atoms with Crippen molar-refractivity contribution >= 4 is 50.7 Å². The van der Waals surface area contributed by atoms with Crippen molar-refractivity contribution in [3.05, 3.63) is 63.6 Å². The van der Waals surface area contributed by atoms with Gasteiger partial charge in [0.15, 0.2) is 0 Å². The second-order valence-corrected chi connectivity index (χ2v) is 9.84. The first-order chi connectivity index (χ1) is 14.5. The number of carbonyl (C=O) groups is 2. The molecule has 2 rings (SSSR count). The highest BCUT2D eigenvalue weighted by molar-refractivity contribution is 7.92. The van der Waals surface area contributed by atoms with Gasteiger partial charge in [-0.05, 0) is 31.5 Å². The Morgan fingerprint density at radius 3 is 2.35 bits per heavy atom. The molecular weight excluding hydrogens is 461 g/mol. The first kappa shape index (κ1) is 25.0. The van der Waals surface area contributed by atoms with E-state index in [1.165, 1.54) is 24.1 Å². The summed E-state index contributed by atoms with van der Waals surface area (Å²) in [6.45, 7) is 3.11. The molecule has 0 aromatic heterocycles. The number of hydrogen-bond acceptors (Lipinski definition) is 4. The molecule has 168 valence electrons. The van der Waals surface area contributed by atoms with Gasteiger partial charge in [0.1, 0.15) is 12.6 Å². The largest absolute Gasteiger partial charge is 0.357 e. The molecule has 0 heterocycles. The van der Waals surface area contributed by atoms with Crippen LogP contribution in [0.4, 0.5) is 5.69 Å². The van der Waals surface area contributed by atoms with Gasteiger partial charge < -0.3 is 10.2 Å². The molecule has 0 bridgehead atoms. The molecule has 0 aliphatic carbocycles. The van der Waals surface area contributed by atoms with Crippen molar-refractivity contribution in [3.63, 3.8) is 0 Å². The first-order valence-corrected chi connectivity index (χ1v) is 12.0. The van der Waals surface area contributed by atoms with E-state index in [9.17, 15) is 18.0 Å². The van der Waals surface area contributed by atoms with Crippen LogP contribution in [-0.2, 0) is 26.2 Å². The molecule has 31 heavy (non-hydrogen) atoms. The van der Waals surface area contributed by atoms with Crippen LogP contribution in [0.25, 0.3) is 0 Å². The van der Waals surface area contributed by atoms with Crippen LogP contribution < -0.4 is 9.62 Å². The van der Waals surface area contributed by atoms with E-state index >= 15 is 0 Å². The van der Waals surface area contributed by atoms with Gasteiger partial charge in [0.05, 0.1) is 22.0 Å². The molecule has 2 aromatic rings. The van der Waals surface area contributed by atoms with Gasteiger partial charge in [-0.15, -0.1) is 0 Å². The molecule has 7 nitrogen and oxygen atoms in total. The standard InChI is InChI=1S/C21H25Cl2N3O4S/c1-14-7-5-8-16(11-14)12-25(15(2)21(28)24-3)19(27)13-26(31(4,29)30)18-10-6-9-17(22)20(18)23/h5-11,15H,12-13H2,1-4H3,(H,24,28). The van der Waals surface area contributed by atoms with Crippen LogP contribution in [-0.4, -0.2) is 51.0 Å². The number of nitrogens with one attached hydrogen (secondary N) is 1. The Kier molecular flexibility index (Phi) is 8.34. The van der Waals surface area contributed by atoms with Crippen LogP contribution in [0, 0.1) is 6.92 Å². The molecule has 10 heteroatoms. The summed E-state index contributed by atoms with van der Waals surface area (Å²) in [7, 11) is -2.40. The zero-order valence-electron chi connectivity index (χ0n) is 17.7. The predicted octanol–water partition coefficient (Wildman–Crippen LogP) is 3.23. The maximum absolute atomic E-state index is 13.3. The Labute approximate surface area is 193 Å². The Morgan fingerprint density at radius 1 is 1.13 bits per heavy atom. The van der Waals surface area contributed by atoms with Crippen molar-refractivity contribution in [2.45, 2.75) is 26.4 Å². The minimum atomic E-state index is -3.87. The van der Waals surface area contributed by atoms with Crippen molar-refractivity contribution in [2.24, 2.45) is 0 Å². The van der Waals surface area contributed by atoms with Gasteiger partial charge in [0, 0.05) is 13.6 Å². The summed E-state index contributed by atoms with van der Waals surface area (Å²) < 4.78 is 25.9. The summed E-state index contributed by atoms with van der Waals surface area (Å²) in [5, 5.41) is 2.71. The Balaban J connectivity index is 2.43. The summed E-state index contributed by atoms with van der Waals surface area (Å²) in [5.41, 5.74) is 1.91. The minimum absolute atomic E-state index is 0.0203. The first-order valence-electron chi connectivity index (χ1n) is 9.44. The van der Waals surface area contributed by atoms with E-state index in [0.717, 1.165) is 21.7 Å². The molecule has 1 atom stereocenters. The quantitative estimate of drug-likeness (QED) is 0.621. The molecule has 2 amide bonds. The lowest BCUT2D eigenvalue weighted by Gasteiger charge is -2.31. The number of nitrogens with zero attached hydrogens (tertiary/aromatic N) is 2. The molecular formula is C21H25Cl2N3O4S. The second-order valence-electron chi connectivity index (χ2n) is 7.14. The molecule has 0 saturated heterocycles. The van der Waals surface area contributed by atoms with Crippen LogP contribution in [0.3, 0.4) is 0 Å². The van der Waals surface area contributed by atoms with Gasteiger partial charge >= 0.3 is 0 Å². The lowest BCUT2D eigenvalue weighted by Crippen LogP contribution is -2.50. The fourth-order valence-corrected chi connectivity index (χ4v) is 4.38. The molecule has 1 N–H and O–H groups in total. The highest BCUT2D eigenvalue weighted by atomic mass is 35.5. The van der Waals surface area contributed by atoms with Gasteiger partial charge in [-0.1, -0.05) is 59.1 Å². The average Bonchev–Trinajstić information content (AvgIpc) is 2.70. The fraction of sp³-hybridized carbons (Fsp3) is 0.333. The topological polar surface area (TPSA) is 86.8 Å². The number of hydrogen-bond donors (Lipinski definition) is 1. The lowest BCUT2D eigenvalue weighted by molar-refractivity contribution is -0.139. The smallest absolute Gasteiger partial charge is 0.244 e. The number of anilines is 1. The number of rotatable bonds is 8. The molecule has 0 radical (unpaired) electrons. The number of amides is 2. The van der Waals surface area contributed by atoms with E-state index in [4.69, 9.17) is 23.2 Å². The molecule has 0 aliphatic rings. The van der Waals surface area contributed by atoms with Gasteiger partial charge in [-0.3, -0.25) is 13.9 Å². The average molecular weight is 486 g/mol. The molecule has 0 fully saturated rings. The highest BCUT2D eigenvalue weighted by Gasteiger charge is 2.30. The third kappa shape index (κ3) is 6.35. The molecule has 2 aromatic carbocycles. The maximum atomic E-state index is 13.3. The van der Waals surface area contributed by atoms with E-state index in [1.54, 1.807) is 13.0 Å². The highest BCUT2D eigenvalue weighted by Crippen LogP contribution is 2.33. The molecule has 0 saturated carbocycles. The Morgan fingerprint density at radius 2 is 1.77 bits per heavy atom. The number of sulfonamides is 1. The van der Waals surface area contributed by atoms with Crippen molar-refractivity contribution in [2.75, 3.05) is 24.2 Å². The molecule has 0 aliphatic heterocycles. The minimum Gasteiger partial charge on any atom is -0.357 e. The van der Waals surface area contributed by atoms with Crippen molar-refractivity contribution < 1.29 is 18.0 Å². The Bertz CT molecular complexity index is 1080. The van der Waals surface area contributed by atoms with Crippen LogP contribution in [0.5, 0.6) is 0 Å². The van der Waals surface area contributed by atoms with Crippen molar-refractivity contribution in [3.8, 4) is 0 Å². The second kappa shape index (κ2) is 10.3. The third-order valence-corrected chi connectivity index (χ3v) is 6.66. The van der Waals surface area contributed by atoms with E-state index in [-0.39, 0.29) is 28.2 Å². The van der Waals surface area contributed by atoms with Gasteiger partial charge in [0.25, 0.3) is 0 Å². The predicted molar refractivity (Wildman–Crippen MR) is 124 cm³/mol. The van der Waals surface area contributed by atoms with Crippen molar-refractivity contribution in [1.29, 1.82) is 0 Å². The normalized spacial score (nSPS) is 12.2. The molecule has 0 spiro atoms. The van der Waals surface area contributed by atoms with E-state index < -0.39 is 28.5 Å². The number of halogens is 2. The SMILES string of the molecule is CNC(=O)C(C)N(Cc1cccc(C)c1)C(=O)CN(c1cccc(Cl)c1Cl)S(C)(=O)=O. The summed E-state index contributed by atoms with van der Waals surface area (Å²) in [6, 6.07) is 11.2. The molecule has 1 unspecified atom stereocenters. The van der Waals surface area contributed by atoms with Crippen LogP contribution >= 0.6 is 23.2 Å². The van der Waals surface area contributed by atoms with E-state index in [0.29, 0.717) is 0 Å². The zero-order chi connectivity index (χ0) is 23.3. The summed E-state index contributed by atoms with van der Waals surface area (Å²) in [6.07, 6.45) is 0.977. The maximum Gasteiger partial charge on any atom is 0.244 e. The fourth-order valence-electron chi connectivity index (χ4n) is 3.08. The van der Waals surface area contributed by atoms with E-state index in [1.807, 2.05) is 31.2 Å². The van der Waals surface area contributed by atoms with Gasteiger partial charge in [-0.2, -0.15) is 0 Å². The zero-order valence-corrected chi connectivity index (χ0v) is 20.1. The van der Waals surface area contributed by atoms with Crippen LogP contribution in [0.1, 0.15) is 18.1 Å². The summed E-state index contributed by atoms with van der Waals surface area (Å²) in [5.74, 6) is -0.924. The van der Waals surface area contributed by atoms with Gasteiger partial charge in [0.2, 0.25) is 21.8 Å². The number of benzene rings is 2. The van der Waals surface area contributed by atoms with Gasteiger partial charge in [-0.25, -0.2) is 8.42 Å². The number of aryl methyl sites for hydroxylation is 1.